The quantitative estimate of drug-likeness (QED) is 0.380. The molecule has 0 amide bonds. The third-order valence-electron chi connectivity index (χ3n) is 1.79. The van der Waals surface area contributed by atoms with Gasteiger partial charge >= 0.3 is 35.5 Å². The van der Waals surface area contributed by atoms with Crippen LogP contribution in [0.4, 0.5) is 8.78 Å². The third kappa shape index (κ3) is 4.36. The SMILES string of the molecule is CCOC(=O)c1cc(S(=O)[O-])cnc1C(F)F.[Na+]. The summed E-state index contributed by atoms with van der Waals surface area (Å²) in [4.78, 5) is 14.3. The van der Waals surface area contributed by atoms with Gasteiger partial charge in [-0.2, -0.15) is 0 Å². The van der Waals surface area contributed by atoms with Crippen LogP contribution in [0.1, 0.15) is 29.4 Å². The van der Waals surface area contributed by atoms with Crippen molar-refractivity contribution < 1.29 is 56.6 Å². The zero-order valence-corrected chi connectivity index (χ0v) is 12.5. The van der Waals surface area contributed by atoms with Gasteiger partial charge < -0.3 is 9.29 Å². The minimum Gasteiger partial charge on any atom is -0.768 e. The van der Waals surface area contributed by atoms with Crippen LogP contribution in [0, 0.1) is 0 Å². The zero-order valence-electron chi connectivity index (χ0n) is 9.68. The summed E-state index contributed by atoms with van der Waals surface area (Å²) in [5.41, 5.74) is -1.33. The number of nitrogens with zero attached hydrogens (tertiary/aromatic N) is 1. The minimum absolute atomic E-state index is 0. The molecule has 0 aliphatic carbocycles. The van der Waals surface area contributed by atoms with Crippen molar-refractivity contribution in [2.75, 3.05) is 6.61 Å². The molecule has 0 saturated carbocycles. The summed E-state index contributed by atoms with van der Waals surface area (Å²) in [6.07, 6.45) is -2.23. The fourth-order valence-electron chi connectivity index (χ4n) is 1.09. The molecule has 0 N–H and O–H groups in total. The predicted molar refractivity (Wildman–Crippen MR) is 52.3 cm³/mol. The Hall–Kier alpha value is -0.410. The van der Waals surface area contributed by atoms with E-state index in [9.17, 15) is 22.3 Å². The van der Waals surface area contributed by atoms with Crippen molar-refractivity contribution in [1.82, 2.24) is 4.98 Å². The number of carbonyl (C=O) groups excluding carboxylic acids is 1. The molecule has 9 heteroatoms. The summed E-state index contributed by atoms with van der Waals surface area (Å²) < 4.78 is 50.9. The number of esters is 1. The topological polar surface area (TPSA) is 79.3 Å². The maximum atomic E-state index is 12.5. The number of ether oxygens (including phenoxy) is 1. The molecule has 94 valence electrons. The molecular formula is C9H8F2NNaO4S. The van der Waals surface area contributed by atoms with Gasteiger partial charge in [-0.3, -0.25) is 9.19 Å². The number of carbonyl (C=O) groups is 1. The van der Waals surface area contributed by atoms with Crippen LogP contribution in [0.3, 0.4) is 0 Å². The molecule has 1 aromatic heterocycles. The number of alkyl halides is 2. The average Bonchev–Trinajstić information content (AvgIpc) is 2.28. The normalized spacial score (nSPS) is 11.8. The molecule has 0 spiro atoms. The Morgan fingerprint density at radius 1 is 1.61 bits per heavy atom. The van der Waals surface area contributed by atoms with Gasteiger partial charge in [-0.25, -0.2) is 13.6 Å². The number of rotatable bonds is 4. The maximum Gasteiger partial charge on any atom is 1.00 e. The Balaban J connectivity index is 0.00000289. The van der Waals surface area contributed by atoms with Crippen molar-refractivity contribution in [2.45, 2.75) is 18.2 Å². The number of pyridine rings is 1. The van der Waals surface area contributed by atoms with E-state index in [0.29, 0.717) is 0 Å². The minimum atomic E-state index is -2.98. The van der Waals surface area contributed by atoms with Crippen LogP contribution in [0.2, 0.25) is 0 Å². The summed E-state index contributed by atoms with van der Waals surface area (Å²) in [7, 11) is 0. The molecular weight excluding hydrogens is 279 g/mol. The fraction of sp³-hybridized carbons (Fsp3) is 0.333. The van der Waals surface area contributed by atoms with Gasteiger partial charge in [0.2, 0.25) is 0 Å². The summed E-state index contributed by atoms with van der Waals surface area (Å²) in [6, 6.07) is 0.815. The molecule has 0 fully saturated rings. The standard InChI is InChI=1S/C9H9F2NO4S.Na/c1-2-16-9(13)6-3-5(17(14)15)4-12-7(6)8(10)11;/h3-4,8H,2H2,1H3,(H,14,15);/q;+1/p-1. The summed E-state index contributed by atoms with van der Waals surface area (Å²) in [5.74, 6) is -1.03. The zero-order chi connectivity index (χ0) is 13.0. The average molecular weight is 287 g/mol. The van der Waals surface area contributed by atoms with Crippen molar-refractivity contribution in [1.29, 1.82) is 0 Å². The van der Waals surface area contributed by atoms with E-state index >= 15 is 0 Å². The van der Waals surface area contributed by atoms with Gasteiger partial charge in [0.15, 0.2) is 0 Å². The molecule has 0 bridgehead atoms. The van der Waals surface area contributed by atoms with Crippen LogP contribution in [-0.2, 0) is 15.8 Å². The maximum absolute atomic E-state index is 12.5. The van der Waals surface area contributed by atoms with Crippen molar-refractivity contribution >= 4 is 17.0 Å². The van der Waals surface area contributed by atoms with Crippen LogP contribution in [0.15, 0.2) is 17.2 Å². The van der Waals surface area contributed by atoms with E-state index in [1.165, 1.54) is 6.92 Å². The fourth-order valence-corrected chi connectivity index (χ4v) is 1.45. The van der Waals surface area contributed by atoms with Gasteiger partial charge in [-0.15, -0.1) is 0 Å². The van der Waals surface area contributed by atoms with Gasteiger partial charge in [0.25, 0.3) is 6.43 Å². The Bertz CT molecular complexity index is 458. The van der Waals surface area contributed by atoms with Crippen LogP contribution < -0.4 is 29.6 Å². The van der Waals surface area contributed by atoms with Crippen molar-refractivity contribution in [3.8, 4) is 0 Å². The summed E-state index contributed by atoms with van der Waals surface area (Å²) in [5, 5.41) is 0. The van der Waals surface area contributed by atoms with Gasteiger partial charge in [0.05, 0.1) is 12.2 Å². The number of hydrogen-bond donors (Lipinski definition) is 0. The molecule has 0 radical (unpaired) electrons. The second-order valence-electron chi connectivity index (χ2n) is 2.86. The Labute approximate surface area is 127 Å². The molecule has 1 atom stereocenters. The Morgan fingerprint density at radius 3 is 2.67 bits per heavy atom. The molecule has 1 rings (SSSR count). The van der Waals surface area contributed by atoms with Crippen LogP contribution in [-0.4, -0.2) is 26.3 Å². The van der Waals surface area contributed by atoms with E-state index in [-0.39, 0.29) is 41.1 Å². The van der Waals surface area contributed by atoms with Gasteiger partial charge in [0, 0.05) is 11.1 Å². The molecule has 0 aliphatic heterocycles. The monoisotopic (exact) mass is 287 g/mol. The first-order valence-corrected chi connectivity index (χ1v) is 5.59. The van der Waals surface area contributed by atoms with E-state index in [4.69, 9.17) is 0 Å². The smallest absolute Gasteiger partial charge is 0.768 e. The van der Waals surface area contributed by atoms with Crippen LogP contribution >= 0.6 is 0 Å². The number of hydrogen-bond acceptors (Lipinski definition) is 5. The largest absolute Gasteiger partial charge is 1.00 e. The van der Waals surface area contributed by atoms with E-state index in [0.717, 1.165) is 12.3 Å². The van der Waals surface area contributed by atoms with Crippen molar-refractivity contribution in [3.05, 3.63) is 23.5 Å². The molecule has 1 heterocycles. The number of halogens is 2. The van der Waals surface area contributed by atoms with Gasteiger partial charge in [-0.1, -0.05) is 0 Å². The van der Waals surface area contributed by atoms with E-state index in [1.54, 1.807) is 0 Å². The van der Waals surface area contributed by atoms with Crippen LogP contribution in [0.5, 0.6) is 0 Å². The second-order valence-corrected chi connectivity index (χ2v) is 3.80. The molecule has 1 unspecified atom stereocenters. The van der Waals surface area contributed by atoms with Crippen molar-refractivity contribution in [3.63, 3.8) is 0 Å². The van der Waals surface area contributed by atoms with Crippen LogP contribution in [0.25, 0.3) is 0 Å². The first-order chi connectivity index (χ1) is 7.97. The van der Waals surface area contributed by atoms with Gasteiger partial charge in [-0.05, 0) is 24.1 Å². The molecule has 5 nitrogen and oxygen atoms in total. The van der Waals surface area contributed by atoms with Gasteiger partial charge in [0.1, 0.15) is 5.69 Å². The molecule has 0 aliphatic rings. The molecule has 1 aromatic rings. The van der Waals surface area contributed by atoms with E-state index < -0.39 is 34.7 Å². The van der Waals surface area contributed by atoms with E-state index in [1.807, 2.05) is 0 Å². The summed E-state index contributed by atoms with van der Waals surface area (Å²) >= 11 is -2.65. The molecule has 0 aromatic carbocycles. The van der Waals surface area contributed by atoms with E-state index in [2.05, 4.69) is 9.72 Å². The summed E-state index contributed by atoms with van der Waals surface area (Å²) in [6.45, 7) is 1.50. The van der Waals surface area contributed by atoms with Crippen molar-refractivity contribution in [2.24, 2.45) is 0 Å². The first kappa shape index (κ1) is 17.6. The third-order valence-corrected chi connectivity index (χ3v) is 2.40. The Kier molecular flexibility index (Phi) is 7.72. The molecule has 18 heavy (non-hydrogen) atoms. The Morgan fingerprint density at radius 2 is 2.22 bits per heavy atom. The number of aromatic nitrogens is 1. The predicted octanol–water partition coefficient (Wildman–Crippen LogP) is -1.56. The molecule has 0 saturated heterocycles. The second kappa shape index (κ2) is 7.90. The first-order valence-electron chi connectivity index (χ1n) is 4.51.